The zero-order valence-electron chi connectivity index (χ0n) is 11.4. The molecule has 19 heavy (non-hydrogen) atoms. The summed E-state index contributed by atoms with van der Waals surface area (Å²) in [5, 5.41) is 10.7. The number of rotatable bonds is 3. The van der Waals surface area contributed by atoms with E-state index in [1.165, 1.54) is 12.6 Å². The second kappa shape index (κ2) is 5.52. The minimum absolute atomic E-state index is 0.0376. The van der Waals surface area contributed by atoms with Gasteiger partial charge in [-0.3, -0.25) is 10.1 Å². The first-order valence-corrected chi connectivity index (χ1v) is 6.62. The highest BCUT2D eigenvalue weighted by atomic mass is 16.6. The number of aryl methyl sites for hydroxylation is 1. The van der Waals surface area contributed by atoms with Crippen LogP contribution < -0.4 is 10.6 Å². The van der Waals surface area contributed by atoms with Crippen LogP contribution in [0.15, 0.2) is 12.3 Å². The molecule has 2 heterocycles. The third kappa shape index (κ3) is 2.68. The van der Waals surface area contributed by atoms with Crippen molar-refractivity contribution in [2.45, 2.75) is 32.7 Å². The molecule has 0 amide bonds. The molecular formula is C13H20N4O2. The summed E-state index contributed by atoms with van der Waals surface area (Å²) in [6, 6.07) is 1.84. The van der Waals surface area contributed by atoms with Crippen molar-refractivity contribution in [3.63, 3.8) is 0 Å². The van der Waals surface area contributed by atoms with Crippen LogP contribution in [0, 0.1) is 23.0 Å². The van der Waals surface area contributed by atoms with Gasteiger partial charge >= 0.3 is 0 Å². The summed E-state index contributed by atoms with van der Waals surface area (Å²) in [4.78, 5) is 16.8. The molecule has 1 aliphatic rings. The largest absolute Gasteiger partial charge is 0.352 e. The average molecular weight is 264 g/mol. The van der Waals surface area contributed by atoms with E-state index in [1.807, 2.05) is 6.92 Å². The van der Waals surface area contributed by atoms with Crippen LogP contribution in [-0.4, -0.2) is 29.0 Å². The highest BCUT2D eigenvalue weighted by molar-refractivity contribution is 5.51. The molecular weight excluding hydrogens is 244 g/mol. The Morgan fingerprint density at radius 3 is 2.95 bits per heavy atom. The minimum Gasteiger partial charge on any atom is -0.352 e. The van der Waals surface area contributed by atoms with Gasteiger partial charge in [-0.2, -0.15) is 0 Å². The van der Waals surface area contributed by atoms with Crippen molar-refractivity contribution in [2.75, 3.05) is 18.0 Å². The number of nitrogens with zero attached hydrogens (tertiary/aromatic N) is 3. The predicted octanol–water partition coefficient (Wildman–Crippen LogP) is 1.86. The summed E-state index contributed by atoms with van der Waals surface area (Å²) < 4.78 is 0. The molecule has 1 aromatic rings. The summed E-state index contributed by atoms with van der Waals surface area (Å²) in [5.41, 5.74) is 6.74. The van der Waals surface area contributed by atoms with Gasteiger partial charge in [0.15, 0.2) is 0 Å². The third-order valence-electron chi connectivity index (χ3n) is 3.88. The van der Waals surface area contributed by atoms with E-state index in [0.29, 0.717) is 12.5 Å². The van der Waals surface area contributed by atoms with Crippen molar-refractivity contribution in [3.05, 3.63) is 27.9 Å². The summed E-state index contributed by atoms with van der Waals surface area (Å²) in [5.74, 6) is 1.35. The molecule has 0 radical (unpaired) electrons. The predicted molar refractivity (Wildman–Crippen MR) is 74.2 cm³/mol. The van der Waals surface area contributed by atoms with Gasteiger partial charge in [-0.25, -0.2) is 4.98 Å². The first kappa shape index (κ1) is 13.7. The second-order valence-corrected chi connectivity index (χ2v) is 5.21. The maximum Gasteiger partial charge on any atom is 0.287 e. The Labute approximate surface area is 112 Å². The molecule has 104 valence electrons. The molecule has 6 heteroatoms. The van der Waals surface area contributed by atoms with Crippen LogP contribution >= 0.6 is 0 Å². The molecule has 0 aromatic carbocycles. The number of piperidine rings is 1. The SMILES string of the molecule is Cc1cc([N+](=O)[O-])cnc1N1CCCC(C)C1CN. The van der Waals surface area contributed by atoms with Crippen molar-refractivity contribution >= 4 is 11.5 Å². The van der Waals surface area contributed by atoms with Gasteiger partial charge in [0.1, 0.15) is 12.0 Å². The van der Waals surface area contributed by atoms with E-state index >= 15 is 0 Å². The number of nitro groups is 1. The van der Waals surface area contributed by atoms with Crippen LogP contribution in [-0.2, 0) is 0 Å². The van der Waals surface area contributed by atoms with Gasteiger partial charge < -0.3 is 10.6 Å². The monoisotopic (exact) mass is 264 g/mol. The van der Waals surface area contributed by atoms with Crippen molar-refractivity contribution < 1.29 is 4.92 Å². The quantitative estimate of drug-likeness (QED) is 0.665. The number of aromatic nitrogens is 1. The number of anilines is 1. The van der Waals surface area contributed by atoms with Gasteiger partial charge in [-0.05, 0) is 31.2 Å². The summed E-state index contributed by atoms with van der Waals surface area (Å²) in [6.45, 7) is 5.56. The van der Waals surface area contributed by atoms with E-state index < -0.39 is 4.92 Å². The van der Waals surface area contributed by atoms with Crippen LogP contribution in [0.25, 0.3) is 0 Å². The van der Waals surface area contributed by atoms with E-state index in [1.54, 1.807) is 6.07 Å². The fourth-order valence-electron chi connectivity index (χ4n) is 2.82. The molecule has 1 saturated heterocycles. The van der Waals surface area contributed by atoms with Crippen molar-refractivity contribution in [3.8, 4) is 0 Å². The lowest BCUT2D eigenvalue weighted by Gasteiger charge is -2.40. The fraction of sp³-hybridized carbons (Fsp3) is 0.615. The normalized spacial score (nSPS) is 23.4. The average Bonchev–Trinajstić information content (AvgIpc) is 2.38. The lowest BCUT2D eigenvalue weighted by molar-refractivity contribution is -0.385. The molecule has 1 aromatic heterocycles. The van der Waals surface area contributed by atoms with E-state index in [4.69, 9.17) is 5.73 Å². The molecule has 2 unspecified atom stereocenters. The van der Waals surface area contributed by atoms with Crippen molar-refractivity contribution in [1.29, 1.82) is 0 Å². The van der Waals surface area contributed by atoms with Crippen LogP contribution in [0.1, 0.15) is 25.3 Å². The maximum atomic E-state index is 10.7. The van der Waals surface area contributed by atoms with Crippen LogP contribution in [0.3, 0.4) is 0 Å². The lowest BCUT2D eigenvalue weighted by Crippen LogP contribution is -2.49. The highest BCUT2D eigenvalue weighted by Crippen LogP contribution is 2.30. The topological polar surface area (TPSA) is 85.3 Å². The van der Waals surface area contributed by atoms with E-state index in [0.717, 1.165) is 24.3 Å². The van der Waals surface area contributed by atoms with Gasteiger partial charge in [0.05, 0.1) is 4.92 Å². The Kier molecular flexibility index (Phi) is 3.99. The Bertz CT molecular complexity index is 478. The van der Waals surface area contributed by atoms with E-state index in [9.17, 15) is 10.1 Å². The highest BCUT2D eigenvalue weighted by Gasteiger charge is 2.29. The molecule has 1 aliphatic heterocycles. The van der Waals surface area contributed by atoms with Crippen LogP contribution in [0.5, 0.6) is 0 Å². The number of pyridine rings is 1. The molecule has 2 N–H and O–H groups in total. The molecule has 2 rings (SSSR count). The second-order valence-electron chi connectivity index (χ2n) is 5.21. The third-order valence-corrected chi connectivity index (χ3v) is 3.88. The standard InChI is InChI=1S/C13H20N4O2/c1-9-4-3-5-16(12(9)7-14)13-10(2)6-11(8-15-13)17(18)19/h6,8-9,12H,3-5,7,14H2,1-2H3. The lowest BCUT2D eigenvalue weighted by atomic mass is 9.90. The smallest absolute Gasteiger partial charge is 0.287 e. The van der Waals surface area contributed by atoms with E-state index in [-0.39, 0.29) is 11.7 Å². The van der Waals surface area contributed by atoms with Gasteiger partial charge in [-0.15, -0.1) is 0 Å². The Morgan fingerprint density at radius 2 is 2.37 bits per heavy atom. The number of nitrogens with two attached hydrogens (primary N) is 1. The van der Waals surface area contributed by atoms with Gasteiger partial charge in [0.25, 0.3) is 5.69 Å². The molecule has 0 bridgehead atoms. The number of hydrogen-bond donors (Lipinski definition) is 1. The number of hydrogen-bond acceptors (Lipinski definition) is 5. The molecule has 6 nitrogen and oxygen atoms in total. The van der Waals surface area contributed by atoms with Gasteiger partial charge in [0, 0.05) is 25.2 Å². The molecule has 0 spiro atoms. The Balaban J connectivity index is 2.32. The Hall–Kier alpha value is -1.69. The fourth-order valence-corrected chi connectivity index (χ4v) is 2.82. The van der Waals surface area contributed by atoms with Crippen LogP contribution in [0.4, 0.5) is 11.5 Å². The van der Waals surface area contributed by atoms with Crippen molar-refractivity contribution in [1.82, 2.24) is 4.98 Å². The Morgan fingerprint density at radius 1 is 1.63 bits per heavy atom. The summed E-state index contributed by atoms with van der Waals surface area (Å²) >= 11 is 0. The maximum absolute atomic E-state index is 10.7. The zero-order chi connectivity index (χ0) is 14.0. The molecule has 1 fully saturated rings. The van der Waals surface area contributed by atoms with Crippen LogP contribution in [0.2, 0.25) is 0 Å². The molecule has 0 aliphatic carbocycles. The van der Waals surface area contributed by atoms with Gasteiger partial charge in [-0.1, -0.05) is 6.92 Å². The molecule has 0 saturated carbocycles. The molecule has 2 atom stereocenters. The first-order chi connectivity index (χ1) is 9.04. The zero-order valence-corrected chi connectivity index (χ0v) is 11.4. The first-order valence-electron chi connectivity index (χ1n) is 6.62. The van der Waals surface area contributed by atoms with Crippen molar-refractivity contribution in [2.24, 2.45) is 11.7 Å². The summed E-state index contributed by atoms with van der Waals surface area (Å²) in [7, 11) is 0. The minimum atomic E-state index is -0.414. The van der Waals surface area contributed by atoms with Gasteiger partial charge in [0.2, 0.25) is 0 Å². The van der Waals surface area contributed by atoms with E-state index in [2.05, 4.69) is 16.8 Å². The summed E-state index contributed by atoms with van der Waals surface area (Å²) in [6.07, 6.45) is 3.61.